The normalized spacial score (nSPS) is 8.23. The van der Waals surface area contributed by atoms with Gasteiger partial charge in [-0.25, -0.2) is 4.98 Å². The standard InChI is InChI=1S/C6H7N3OS.C2H6/c1-11-9-6(10)5-4-7-2-3-8-5;1-2/h2-4H,1H3,(H,9,10);1-2H3. The highest BCUT2D eigenvalue weighted by atomic mass is 32.2. The average Bonchev–Trinajstić information content (AvgIpc) is 2.23. The van der Waals surface area contributed by atoms with Crippen LogP contribution in [0.15, 0.2) is 18.6 Å². The summed E-state index contributed by atoms with van der Waals surface area (Å²) in [4.78, 5) is 18.6. The Morgan fingerprint density at radius 1 is 1.46 bits per heavy atom. The van der Waals surface area contributed by atoms with Gasteiger partial charge < -0.3 is 0 Å². The molecular weight excluding hydrogens is 186 g/mol. The van der Waals surface area contributed by atoms with Gasteiger partial charge >= 0.3 is 0 Å². The number of hydrogen-bond donors (Lipinski definition) is 1. The van der Waals surface area contributed by atoms with E-state index in [4.69, 9.17) is 0 Å². The third-order valence-electron chi connectivity index (χ3n) is 0.991. The fraction of sp³-hybridized carbons (Fsp3) is 0.375. The van der Waals surface area contributed by atoms with Crippen molar-refractivity contribution in [3.63, 3.8) is 0 Å². The Balaban J connectivity index is 0.000000671. The molecule has 0 spiro atoms. The van der Waals surface area contributed by atoms with Gasteiger partial charge in [0.05, 0.1) is 6.20 Å². The van der Waals surface area contributed by atoms with Gasteiger partial charge in [0.2, 0.25) is 0 Å². The molecule has 5 heteroatoms. The number of amides is 1. The second-order valence-electron chi connectivity index (χ2n) is 1.73. The maximum absolute atomic E-state index is 11.0. The molecule has 0 saturated carbocycles. The van der Waals surface area contributed by atoms with Crippen molar-refractivity contribution in [3.8, 4) is 0 Å². The zero-order chi connectivity index (χ0) is 10.1. The summed E-state index contributed by atoms with van der Waals surface area (Å²) >= 11 is 1.24. The van der Waals surface area contributed by atoms with Crippen molar-refractivity contribution in [1.29, 1.82) is 0 Å². The van der Waals surface area contributed by atoms with E-state index < -0.39 is 0 Å². The van der Waals surface area contributed by atoms with Gasteiger partial charge in [-0.1, -0.05) is 25.8 Å². The summed E-state index contributed by atoms with van der Waals surface area (Å²) in [7, 11) is 0. The lowest BCUT2D eigenvalue weighted by molar-refractivity contribution is 0.0979. The Kier molecular flexibility index (Phi) is 6.91. The second kappa shape index (κ2) is 7.54. The van der Waals surface area contributed by atoms with Crippen molar-refractivity contribution in [2.45, 2.75) is 13.8 Å². The first-order chi connectivity index (χ1) is 6.34. The molecule has 0 fully saturated rings. The third-order valence-corrected chi connectivity index (χ3v) is 1.38. The van der Waals surface area contributed by atoms with Crippen molar-refractivity contribution in [1.82, 2.24) is 14.7 Å². The molecular formula is C8H13N3OS. The molecule has 1 aromatic heterocycles. The van der Waals surface area contributed by atoms with E-state index >= 15 is 0 Å². The smallest absolute Gasteiger partial charge is 0.281 e. The molecule has 4 nitrogen and oxygen atoms in total. The van der Waals surface area contributed by atoms with Crippen LogP contribution < -0.4 is 4.72 Å². The molecule has 0 saturated heterocycles. The highest BCUT2D eigenvalue weighted by Gasteiger charge is 2.03. The van der Waals surface area contributed by atoms with Crippen LogP contribution in [0.2, 0.25) is 0 Å². The van der Waals surface area contributed by atoms with E-state index in [9.17, 15) is 4.79 Å². The summed E-state index contributed by atoms with van der Waals surface area (Å²) in [5, 5.41) is 0. The molecule has 0 aliphatic heterocycles. The first kappa shape index (κ1) is 11.9. The van der Waals surface area contributed by atoms with Crippen molar-refractivity contribution in [2.24, 2.45) is 0 Å². The molecule has 1 N–H and O–H groups in total. The Labute approximate surface area is 82.3 Å². The fourth-order valence-corrected chi connectivity index (χ4v) is 0.851. The Hall–Kier alpha value is -1.10. The topological polar surface area (TPSA) is 54.9 Å². The number of carbonyl (C=O) groups excluding carboxylic acids is 1. The fourth-order valence-electron chi connectivity index (χ4n) is 0.561. The van der Waals surface area contributed by atoms with Gasteiger partial charge in [0.15, 0.2) is 0 Å². The number of nitrogens with zero attached hydrogens (tertiary/aromatic N) is 2. The van der Waals surface area contributed by atoms with Gasteiger partial charge in [0, 0.05) is 18.6 Å². The van der Waals surface area contributed by atoms with Crippen LogP contribution in [-0.4, -0.2) is 22.1 Å². The third kappa shape index (κ3) is 4.47. The first-order valence-corrected chi connectivity index (χ1v) is 5.16. The van der Waals surface area contributed by atoms with Crippen LogP contribution in [0.5, 0.6) is 0 Å². The highest BCUT2D eigenvalue weighted by Crippen LogP contribution is 1.92. The van der Waals surface area contributed by atoms with Crippen molar-refractivity contribution in [3.05, 3.63) is 24.3 Å². The molecule has 0 aliphatic carbocycles. The highest BCUT2D eigenvalue weighted by molar-refractivity contribution is 7.97. The maximum Gasteiger partial charge on any atom is 0.281 e. The lowest BCUT2D eigenvalue weighted by atomic mass is 10.4. The quantitative estimate of drug-likeness (QED) is 0.733. The summed E-state index contributed by atoms with van der Waals surface area (Å²) in [5.74, 6) is -0.217. The van der Waals surface area contributed by atoms with Crippen LogP contribution in [0.1, 0.15) is 24.3 Å². The minimum absolute atomic E-state index is 0.217. The SMILES string of the molecule is CC.CSNC(=O)c1cnccn1. The van der Waals surface area contributed by atoms with Crippen LogP contribution in [-0.2, 0) is 0 Å². The Morgan fingerprint density at radius 3 is 2.62 bits per heavy atom. The molecule has 72 valence electrons. The summed E-state index contributed by atoms with van der Waals surface area (Å²) in [6, 6.07) is 0. The van der Waals surface area contributed by atoms with E-state index in [2.05, 4.69) is 14.7 Å². The molecule has 0 unspecified atom stereocenters. The molecule has 1 rings (SSSR count). The van der Waals surface area contributed by atoms with Crippen LogP contribution in [0.4, 0.5) is 0 Å². The summed E-state index contributed by atoms with van der Waals surface area (Å²) < 4.78 is 2.54. The van der Waals surface area contributed by atoms with Crippen LogP contribution in [0, 0.1) is 0 Å². The predicted molar refractivity (Wildman–Crippen MR) is 54.4 cm³/mol. The van der Waals surface area contributed by atoms with Gasteiger partial charge in [0.25, 0.3) is 5.91 Å². The van der Waals surface area contributed by atoms with Gasteiger partial charge in [-0.15, -0.1) is 0 Å². The van der Waals surface area contributed by atoms with Crippen LogP contribution in [0.3, 0.4) is 0 Å². The van der Waals surface area contributed by atoms with E-state index in [1.807, 2.05) is 13.8 Å². The van der Waals surface area contributed by atoms with Gasteiger partial charge in [-0.2, -0.15) is 0 Å². The van der Waals surface area contributed by atoms with E-state index in [1.54, 1.807) is 6.26 Å². The summed E-state index contributed by atoms with van der Waals surface area (Å²) in [5.41, 5.74) is 0.335. The van der Waals surface area contributed by atoms with Crippen molar-refractivity contribution >= 4 is 17.9 Å². The molecule has 0 aromatic carbocycles. The summed E-state index contributed by atoms with van der Waals surface area (Å²) in [6.45, 7) is 4.00. The molecule has 0 atom stereocenters. The van der Waals surface area contributed by atoms with Gasteiger partial charge in [-0.3, -0.25) is 14.5 Å². The van der Waals surface area contributed by atoms with E-state index in [1.165, 1.54) is 30.5 Å². The predicted octanol–water partition coefficient (Wildman–Crippen LogP) is 1.51. The molecule has 0 radical (unpaired) electrons. The molecule has 1 amide bonds. The van der Waals surface area contributed by atoms with E-state index in [0.717, 1.165) is 0 Å². The second-order valence-corrected chi connectivity index (χ2v) is 2.34. The lowest BCUT2D eigenvalue weighted by Crippen LogP contribution is -2.16. The van der Waals surface area contributed by atoms with E-state index in [0.29, 0.717) is 5.69 Å². The largest absolute Gasteiger partial charge is 0.295 e. The van der Waals surface area contributed by atoms with Gasteiger partial charge in [-0.05, 0) is 0 Å². The zero-order valence-corrected chi connectivity index (χ0v) is 8.76. The van der Waals surface area contributed by atoms with E-state index in [-0.39, 0.29) is 5.91 Å². The summed E-state index contributed by atoms with van der Waals surface area (Å²) in [6.07, 6.45) is 6.20. The van der Waals surface area contributed by atoms with Crippen molar-refractivity contribution in [2.75, 3.05) is 6.26 Å². The Bertz CT molecular complexity index is 240. The number of hydrogen-bond acceptors (Lipinski definition) is 4. The molecule has 13 heavy (non-hydrogen) atoms. The average molecular weight is 199 g/mol. The van der Waals surface area contributed by atoms with Gasteiger partial charge in [0.1, 0.15) is 5.69 Å². The maximum atomic E-state index is 11.0. The Morgan fingerprint density at radius 2 is 2.15 bits per heavy atom. The van der Waals surface area contributed by atoms with Crippen molar-refractivity contribution < 1.29 is 4.79 Å². The monoisotopic (exact) mass is 199 g/mol. The lowest BCUT2D eigenvalue weighted by Gasteiger charge is -1.97. The number of nitrogens with one attached hydrogen (secondary N) is 1. The minimum Gasteiger partial charge on any atom is -0.295 e. The number of carbonyl (C=O) groups is 1. The molecule has 0 aliphatic rings. The number of rotatable bonds is 2. The van der Waals surface area contributed by atoms with Crippen LogP contribution >= 0.6 is 11.9 Å². The minimum atomic E-state index is -0.217. The molecule has 0 bridgehead atoms. The van der Waals surface area contributed by atoms with Crippen LogP contribution in [0.25, 0.3) is 0 Å². The number of aromatic nitrogens is 2. The molecule has 1 aromatic rings. The first-order valence-electron chi connectivity index (χ1n) is 3.94. The zero-order valence-electron chi connectivity index (χ0n) is 7.94. The molecule has 1 heterocycles.